The van der Waals surface area contributed by atoms with E-state index in [1.165, 1.54) is 17.8 Å². The van der Waals surface area contributed by atoms with Crippen LogP contribution in [0.15, 0.2) is 58.0 Å². The van der Waals surface area contributed by atoms with Crippen molar-refractivity contribution in [2.75, 3.05) is 12.8 Å². The van der Waals surface area contributed by atoms with Crippen LogP contribution in [0.1, 0.15) is 17.5 Å². The van der Waals surface area contributed by atoms with Gasteiger partial charge in [-0.1, -0.05) is 30.0 Å². The predicted molar refractivity (Wildman–Crippen MR) is 142 cm³/mol. The van der Waals surface area contributed by atoms with Gasteiger partial charge in [0.15, 0.2) is 5.16 Å². The third-order valence-electron chi connectivity index (χ3n) is 5.36. The average molecular weight is 617 g/mol. The van der Waals surface area contributed by atoms with Crippen LogP contribution in [0.4, 0.5) is 13.2 Å². The highest BCUT2D eigenvalue weighted by molar-refractivity contribution is 7.98. The van der Waals surface area contributed by atoms with Gasteiger partial charge in [-0.3, -0.25) is 10.2 Å². The van der Waals surface area contributed by atoms with E-state index in [1.807, 2.05) is 12.3 Å². The minimum atomic E-state index is -5.08. The van der Waals surface area contributed by atoms with Gasteiger partial charge in [-0.25, -0.2) is 23.2 Å². The molecule has 11 nitrogen and oxygen atoms in total. The van der Waals surface area contributed by atoms with E-state index in [0.717, 1.165) is 16.9 Å². The van der Waals surface area contributed by atoms with Gasteiger partial charge >= 0.3 is 12.1 Å². The normalized spacial score (nSPS) is 15.4. The third kappa shape index (κ3) is 8.00. The largest absolute Gasteiger partial charge is 0.490 e. The summed E-state index contributed by atoms with van der Waals surface area (Å²) in [7, 11) is -3.87. The first-order valence-corrected chi connectivity index (χ1v) is 14.8. The number of hydrogen-bond donors (Lipinski definition) is 4. The average Bonchev–Trinajstić information content (AvgIpc) is 3.53. The molecule has 0 aliphatic carbocycles. The van der Waals surface area contributed by atoms with Crippen molar-refractivity contribution in [1.29, 1.82) is 5.41 Å². The number of nitrogens with one attached hydrogen (secondary N) is 2. The Morgan fingerprint density at radius 2 is 2.00 bits per heavy atom. The van der Waals surface area contributed by atoms with Crippen molar-refractivity contribution in [2.24, 2.45) is 5.73 Å². The zero-order chi connectivity index (χ0) is 29.7. The quantitative estimate of drug-likeness (QED) is 0.128. The molecule has 1 aliphatic rings. The number of amidine groups is 1. The number of carboxylic acid groups (broad SMARTS) is 1. The summed E-state index contributed by atoms with van der Waals surface area (Å²) >= 11 is 2.50. The Kier molecular flexibility index (Phi) is 9.88. The Morgan fingerprint density at radius 1 is 1.30 bits per heavy atom. The number of hydrogen-bond acceptors (Lipinski definition) is 9. The number of likely N-dealkylation sites (tertiary alicyclic amines) is 1. The number of sulfonamides is 1. The Hall–Kier alpha value is -3.54. The molecule has 1 unspecified atom stereocenters. The lowest BCUT2D eigenvalue weighted by Crippen LogP contribution is -2.41. The van der Waals surface area contributed by atoms with Crippen molar-refractivity contribution in [3.8, 4) is 10.6 Å². The van der Waals surface area contributed by atoms with Crippen LogP contribution in [0, 0.1) is 5.41 Å². The number of thioether (sulfide) groups is 1. The molecule has 5 N–H and O–H groups in total. The van der Waals surface area contributed by atoms with Gasteiger partial charge in [-0.2, -0.15) is 17.9 Å². The number of benzene rings is 1. The van der Waals surface area contributed by atoms with E-state index in [1.54, 1.807) is 41.4 Å². The van der Waals surface area contributed by atoms with Crippen LogP contribution in [0.3, 0.4) is 0 Å². The zero-order valence-electron chi connectivity index (χ0n) is 20.7. The molecule has 1 aromatic carbocycles. The summed E-state index contributed by atoms with van der Waals surface area (Å²) in [5, 5.41) is 15.3. The molecule has 3 heterocycles. The number of carbonyl (C=O) groups excluding carboxylic acids is 1. The number of nitrogens with zero attached hydrogens (tertiary/aromatic N) is 3. The standard InChI is InChI=1S/C21H22N6O3S3.C2HF3O2/c1-31-21-24-9-7-15(25-21)17-5-6-18(32-17)33(29,30)26-16-8-10-27(20(16)28)12-13-3-2-4-14(11-13)19(22)23;3-2(4,5)1(6)7/h2-7,9,11,16,26H,8,10,12H2,1H3,(H3,22,23);(H,6,7). The van der Waals surface area contributed by atoms with Gasteiger partial charge in [0, 0.05) is 24.8 Å². The maximum Gasteiger partial charge on any atom is 0.490 e. The molecule has 3 aromatic rings. The number of amides is 1. The molecule has 1 amide bonds. The molecular formula is C23H23F3N6O5S3. The number of halogens is 3. The van der Waals surface area contributed by atoms with Crippen LogP contribution in [-0.4, -0.2) is 71.1 Å². The summed E-state index contributed by atoms with van der Waals surface area (Å²) in [6.07, 6.45) is -1.20. The van der Waals surface area contributed by atoms with Crippen molar-refractivity contribution in [1.82, 2.24) is 19.6 Å². The first-order chi connectivity index (χ1) is 18.7. The third-order valence-corrected chi connectivity index (χ3v) is 9.00. The van der Waals surface area contributed by atoms with Gasteiger partial charge in [0.25, 0.3) is 10.0 Å². The Labute approximate surface area is 235 Å². The molecule has 4 rings (SSSR count). The number of carboxylic acids is 1. The Balaban J connectivity index is 0.000000559. The number of aliphatic carboxylic acids is 1. The molecule has 2 aromatic heterocycles. The van der Waals surface area contributed by atoms with Gasteiger partial charge in [-0.05, 0) is 42.5 Å². The lowest BCUT2D eigenvalue weighted by molar-refractivity contribution is -0.192. The van der Waals surface area contributed by atoms with E-state index in [4.69, 9.17) is 21.0 Å². The van der Waals surface area contributed by atoms with Gasteiger partial charge in [0.2, 0.25) is 5.91 Å². The number of aromatic nitrogens is 2. The smallest absolute Gasteiger partial charge is 0.475 e. The maximum absolute atomic E-state index is 12.9. The highest BCUT2D eigenvalue weighted by Crippen LogP contribution is 2.30. The summed E-state index contributed by atoms with van der Waals surface area (Å²) in [5.74, 6) is -3.08. The summed E-state index contributed by atoms with van der Waals surface area (Å²) < 4.78 is 60.3. The first-order valence-electron chi connectivity index (χ1n) is 11.2. The molecule has 40 heavy (non-hydrogen) atoms. The molecule has 214 valence electrons. The Morgan fingerprint density at radius 3 is 2.62 bits per heavy atom. The molecule has 0 spiro atoms. The number of carbonyl (C=O) groups is 2. The monoisotopic (exact) mass is 616 g/mol. The van der Waals surface area contributed by atoms with Crippen molar-refractivity contribution in [3.63, 3.8) is 0 Å². The fraction of sp³-hybridized carbons (Fsp3) is 0.261. The highest BCUT2D eigenvalue weighted by atomic mass is 32.2. The van der Waals surface area contributed by atoms with Crippen LogP contribution in [0.25, 0.3) is 10.6 Å². The second-order valence-corrected chi connectivity index (χ2v) is 12.0. The molecule has 0 radical (unpaired) electrons. The van der Waals surface area contributed by atoms with Gasteiger partial charge in [-0.15, -0.1) is 11.3 Å². The van der Waals surface area contributed by atoms with Crippen LogP contribution in [0.5, 0.6) is 0 Å². The zero-order valence-corrected chi connectivity index (χ0v) is 23.1. The van der Waals surface area contributed by atoms with E-state index < -0.39 is 28.2 Å². The minimum absolute atomic E-state index is 0.0443. The van der Waals surface area contributed by atoms with Crippen molar-refractivity contribution in [2.45, 2.75) is 34.5 Å². The van der Waals surface area contributed by atoms with Crippen molar-refractivity contribution >= 4 is 50.8 Å². The summed E-state index contributed by atoms with van der Waals surface area (Å²) in [6, 6.07) is 11.3. The fourth-order valence-electron chi connectivity index (χ4n) is 3.49. The van der Waals surface area contributed by atoms with Gasteiger partial charge in [0.05, 0.1) is 10.6 Å². The molecule has 1 atom stereocenters. The first kappa shape index (κ1) is 31.0. The summed E-state index contributed by atoms with van der Waals surface area (Å²) in [4.78, 5) is 32.6. The summed E-state index contributed by atoms with van der Waals surface area (Å²) in [5.41, 5.74) is 7.60. The molecular weight excluding hydrogens is 593 g/mol. The van der Waals surface area contributed by atoms with Crippen LogP contribution >= 0.6 is 23.1 Å². The lowest BCUT2D eigenvalue weighted by atomic mass is 10.1. The molecule has 1 fully saturated rings. The molecule has 0 bridgehead atoms. The second-order valence-electron chi connectivity index (χ2n) is 8.19. The maximum atomic E-state index is 12.9. The van der Waals surface area contributed by atoms with E-state index >= 15 is 0 Å². The SMILES string of the molecule is CSc1nccc(-c2ccc(S(=O)(=O)NC3CCN(Cc4cccc(C(=N)N)c4)C3=O)s2)n1.O=C(O)C(F)(F)F. The van der Waals surface area contributed by atoms with Crippen LogP contribution < -0.4 is 10.5 Å². The molecule has 0 saturated carbocycles. The van der Waals surface area contributed by atoms with E-state index in [9.17, 15) is 26.4 Å². The summed E-state index contributed by atoms with van der Waals surface area (Å²) in [6.45, 7) is 0.761. The highest BCUT2D eigenvalue weighted by Gasteiger charge is 2.38. The van der Waals surface area contributed by atoms with E-state index in [2.05, 4.69) is 14.7 Å². The Bertz CT molecular complexity index is 1510. The topological polar surface area (TPSA) is 179 Å². The predicted octanol–water partition coefficient (Wildman–Crippen LogP) is 2.92. The number of nitrogen functional groups attached to an aromatic ring is 1. The molecule has 1 aliphatic heterocycles. The van der Waals surface area contributed by atoms with Gasteiger partial charge in [0.1, 0.15) is 16.1 Å². The van der Waals surface area contributed by atoms with Crippen molar-refractivity contribution in [3.05, 3.63) is 59.8 Å². The molecule has 17 heteroatoms. The van der Waals surface area contributed by atoms with Crippen LogP contribution in [-0.2, 0) is 26.2 Å². The minimum Gasteiger partial charge on any atom is -0.475 e. The fourth-order valence-corrected chi connectivity index (χ4v) is 6.36. The van der Waals surface area contributed by atoms with E-state index in [-0.39, 0.29) is 16.0 Å². The van der Waals surface area contributed by atoms with Crippen LogP contribution in [0.2, 0.25) is 0 Å². The number of nitrogens with two attached hydrogens (primary N) is 1. The number of thiophene rings is 1. The van der Waals surface area contributed by atoms with E-state index in [0.29, 0.717) is 40.8 Å². The number of rotatable bonds is 8. The second kappa shape index (κ2) is 12.8. The number of alkyl halides is 3. The van der Waals surface area contributed by atoms with Gasteiger partial charge < -0.3 is 15.7 Å². The molecule has 1 saturated heterocycles. The van der Waals surface area contributed by atoms with Crippen molar-refractivity contribution < 1.29 is 36.3 Å². The lowest BCUT2D eigenvalue weighted by Gasteiger charge is -2.17.